The monoisotopic (exact) mass is 262 g/mol. The molecule has 1 aliphatic rings. The van der Waals surface area contributed by atoms with Crippen LogP contribution in [-0.4, -0.2) is 19.3 Å². The van der Waals surface area contributed by atoms with Crippen LogP contribution in [0.1, 0.15) is 33.1 Å². The first-order valence-corrected chi connectivity index (χ1v) is 10.2. The Kier molecular flexibility index (Phi) is 3.70. The number of benzene rings is 1. The molecule has 0 amide bonds. The summed E-state index contributed by atoms with van der Waals surface area (Å²) in [6.45, 7) is 9.71. The van der Waals surface area contributed by atoms with Crippen molar-refractivity contribution < 1.29 is 5.11 Å². The van der Waals surface area contributed by atoms with Gasteiger partial charge in [-0.05, 0) is 30.2 Å². The SMILES string of the molecule is CC1(C)CC[C@@H](O)C[C@H]1[Si](C)(C)c1ccccc1. The van der Waals surface area contributed by atoms with E-state index in [4.69, 9.17) is 0 Å². The van der Waals surface area contributed by atoms with E-state index in [-0.39, 0.29) is 6.10 Å². The number of hydrogen-bond acceptors (Lipinski definition) is 1. The minimum atomic E-state index is -1.52. The first-order chi connectivity index (χ1) is 8.34. The van der Waals surface area contributed by atoms with Gasteiger partial charge in [0, 0.05) is 0 Å². The van der Waals surface area contributed by atoms with E-state index in [1.54, 1.807) is 0 Å². The molecule has 100 valence electrons. The highest BCUT2D eigenvalue weighted by Crippen LogP contribution is 2.49. The van der Waals surface area contributed by atoms with Crippen molar-refractivity contribution in [3.05, 3.63) is 30.3 Å². The number of hydrogen-bond donors (Lipinski definition) is 1. The van der Waals surface area contributed by atoms with Crippen molar-refractivity contribution in [2.45, 2.75) is 57.8 Å². The summed E-state index contributed by atoms with van der Waals surface area (Å²) in [7, 11) is -1.52. The summed E-state index contributed by atoms with van der Waals surface area (Å²) in [6.07, 6.45) is 3.03. The molecule has 1 N–H and O–H groups in total. The molecule has 0 saturated heterocycles. The molecule has 1 aromatic rings. The second-order valence-electron chi connectivity index (χ2n) is 7.06. The summed E-state index contributed by atoms with van der Waals surface area (Å²) in [6, 6.07) is 11.0. The van der Waals surface area contributed by atoms with E-state index in [2.05, 4.69) is 57.3 Å². The van der Waals surface area contributed by atoms with Crippen molar-refractivity contribution in [2.24, 2.45) is 5.41 Å². The predicted octanol–water partition coefficient (Wildman–Crippen LogP) is 3.54. The Hall–Kier alpha value is -0.603. The van der Waals surface area contributed by atoms with Crippen molar-refractivity contribution in [1.82, 2.24) is 0 Å². The second-order valence-corrected chi connectivity index (χ2v) is 11.8. The molecule has 1 aromatic carbocycles. The fourth-order valence-electron chi connectivity index (χ4n) is 3.76. The van der Waals surface area contributed by atoms with E-state index in [1.165, 1.54) is 5.19 Å². The molecule has 2 atom stereocenters. The Labute approximate surface area is 112 Å². The molecule has 1 saturated carbocycles. The largest absolute Gasteiger partial charge is 0.393 e. The normalized spacial score (nSPS) is 28.1. The van der Waals surface area contributed by atoms with Gasteiger partial charge in [-0.25, -0.2) is 0 Å². The van der Waals surface area contributed by atoms with Gasteiger partial charge in [0.2, 0.25) is 0 Å². The van der Waals surface area contributed by atoms with Gasteiger partial charge in [-0.2, -0.15) is 0 Å². The Morgan fingerprint density at radius 3 is 2.39 bits per heavy atom. The molecule has 1 nitrogen and oxygen atoms in total. The Morgan fingerprint density at radius 2 is 1.78 bits per heavy atom. The highest BCUT2D eigenvalue weighted by molar-refractivity contribution is 6.91. The minimum absolute atomic E-state index is 0.0847. The van der Waals surface area contributed by atoms with Crippen LogP contribution in [0.4, 0.5) is 0 Å². The van der Waals surface area contributed by atoms with Crippen molar-refractivity contribution in [2.75, 3.05) is 0 Å². The van der Waals surface area contributed by atoms with E-state index >= 15 is 0 Å². The van der Waals surface area contributed by atoms with Gasteiger partial charge in [-0.3, -0.25) is 0 Å². The summed E-state index contributed by atoms with van der Waals surface area (Å²) in [5.41, 5.74) is 1.03. The molecule has 0 spiro atoms. The summed E-state index contributed by atoms with van der Waals surface area (Å²) in [5.74, 6) is 0. The molecular formula is C16H26OSi. The lowest BCUT2D eigenvalue weighted by Gasteiger charge is -2.48. The third-order valence-electron chi connectivity index (χ3n) is 4.96. The Balaban J connectivity index is 2.33. The third kappa shape index (κ3) is 2.55. The van der Waals surface area contributed by atoms with Crippen molar-refractivity contribution in [3.8, 4) is 0 Å². The zero-order valence-corrected chi connectivity index (χ0v) is 13.1. The van der Waals surface area contributed by atoms with Gasteiger partial charge in [-0.15, -0.1) is 0 Å². The number of aliphatic hydroxyl groups excluding tert-OH is 1. The van der Waals surface area contributed by atoms with E-state index in [0.29, 0.717) is 11.0 Å². The maximum atomic E-state index is 10.0. The zero-order chi connectivity index (χ0) is 13.4. The molecule has 2 heteroatoms. The topological polar surface area (TPSA) is 20.2 Å². The molecule has 1 aliphatic carbocycles. The standard InChI is InChI=1S/C16H26OSi/c1-16(2)11-10-13(17)12-15(16)18(3,4)14-8-6-5-7-9-14/h5-9,13,15,17H,10-12H2,1-4H3/t13-,15-/m1/s1. The number of aliphatic hydroxyl groups is 1. The van der Waals surface area contributed by atoms with Gasteiger partial charge >= 0.3 is 0 Å². The molecule has 2 rings (SSSR count). The van der Waals surface area contributed by atoms with Crippen molar-refractivity contribution >= 4 is 13.3 Å². The maximum Gasteiger partial charge on any atom is 0.0843 e. The van der Waals surface area contributed by atoms with Gasteiger partial charge in [0.25, 0.3) is 0 Å². The van der Waals surface area contributed by atoms with Gasteiger partial charge < -0.3 is 5.11 Å². The summed E-state index contributed by atoms with van der Waals surface area (Å²) < 4.78 is 0. The molecular weight excluding hydrogens is 236 g/mol. The Bertz CT molecular complexity index is 397. The average molecular weight is 262 g/mol. The highest BCUT2D eigenvalue weighted by atomic mass is 28.3. The van der Waals surface area contributed by atoms with Crippen molar-refractivity contribution in [1.29, 1.82) is 0 Å². The molecule has 18 heavy (non-hydrogen) atoms. The fraction of sp³-hybridized carbons (Fsp3) is 0.625. The summed E-state index contributed by atoms with van der Waals surface area (Å²) in [4.78, 5) is 0. The molecule has 1 fully saturated rings. The van der Waals surface area contributed by atoms with Crippen LogP contribution in [0.2, 0.25) is 18.6 Å². The maximum absolute atomic E-state index is 10.0. The zero-order valence-electron chi connectivity index (χ0n) is 12.1. The van der Waals surface area contributed by atoms with Crippen LogP contribution in [0.5, 0.6) is 0 Å². The molecule has 0 aromatic heterocycles. The van der Waals surface area contributed by atoms with Crippen LogP contribution in [0.25, 0.3) is 0 Å². The molecule has 0 unspecified atom stereocenters. The molecule has 0 heterocycles. The quantitative estimate of drug-likeness (QED) is 0.808. The van der Waals surface area contributed by atoms with Crippen LogP contribution in [0, 0.1) is 5.41 Å². The lowest BCUT2D eigenvalue weighted by Crippen LogP contribution is -2.53. The fourth-order valence-corrected chi connectivity index (χ4v) is 8.18. The van der Waals surface area contributed by atoms with E-state index < -0.39 is 8.07 Å². The van der Waals surface area contributed by atoms with Crippen LogP contribution in [-0.2, 0) is 0 Å². The lowest BCUT2D eigenvalue weighted by atomic mass is 9.76. The van der Waals surface area contributed by atoms with Gasteiger partial charge in [0.05, 0.1) is 14.2 Å². The summed E-state index contributed by atoms with van der Waals surface area (Å²) in [5, 5.41) is 11.6. The van der Waals surface area contributed by atoms with Gasteiger partial charge in [0.15, 0.2) is 0 Å². The summed E-state index contributed by atoms with van der Waals surface area (Å²) >= 11 is 0. The van der Waals surface area contributed by atoms with E-state index in [1.807, 2.05) is 0 Å². The first kappa shape index (κ1) is 13.8. The van der Waals surface area contributed by atoms with Crippen LogP contribution in [0.3, 0.4) is 0 Å². The predicted molar refractivity (Wildman–Crippen MR) is 80.9 cm³/mol. The van der Waals surface area contributed by atoms with Crippen LogP contribution in [0.15, 0.2) is 30.3 Å². The molecule has 0 aliphatic heterocycles. The third-order valence-corrected chi connectivity index (χ3v) is 9.54. The van der Waals surface area contributed by atoms with E-state index in [9.17, 15) is 5.11 Å². The minimum Gasteiger partial charge on any atom is -0.393 e. The van der Waals surface area contributed by atoms with E-state index in [0.717, 1.165) is 19.3 Å². The van der Waals surface area contributed by atoms with Crippen LogP contribution >= 0.6 is 0 Å². The Morgan fingerprint density at radius 1 is 1.17 bits per heavy atom. The van der Waals surface area contributed by atoms with Crippen molar-refractivity contribution in [3.63, 3.8) is 0 Å². The molecule has 0 radical (unpaired) electrons. The first-order valence-electron chi connectivity index (χ1n) is 7.07. The lowest BCUT2D eigenvalue weighted by molar-refractivity contribution is 0.0783. The highest BCUT2D eigenvalue weighted by Gasteiger charge is 2.46. The number of rotatable bonds is 2. The van der Waals surface area contributed by atoms with Crippen LogP contribution < -0.4 is 5.19 Å². The molecule has 0 bridgehead atoms. The second kappa shape index (κ2) is 4.82. The smallest absolute Gasteiger partial charge is 0.0843 e. The van der Waals surface area contributed by atoms with Gasteiger partial charge in [0.1, 0.15) is 0 Å². The van der Waals surface area contributed by atoms with Gasteiger partial charge in [-0.1, -0.05) is 62.5 Å². The average Bonchev–Trinajstić information content (AvgIpc) is 2.33.